The van der Waals surface area contributed by atoms with E-state index in [9.17, 15) is 9.59 Å². The molecule has 7 nitrogen and oxygen atoms in total. The van der Waals surface area contributed by atoms with Crippen molar-refractivity contribution in [2.45, 2.75) is 45.2 Å². The minimum absolute atomic E-state index is 0.00894. The SMILES string of the molecule is CC(NC(=O)C1CCCC1)C(=O)NCc1cccnc1N1CCN(C)CC1. The standard InChI is InChI=1S/C20H31N5O2/c1-15(23-20(27)16-6-3-4-7-16)19(26)22-14-17-8-5-9-21-18(17)25-12-10-24(2)11-13-25/h5,8-9,15-16H,3-4,6-7,10-14H2,1-2H3,(H,22,26)(H,23,27). The van der Waals surface area contributed by atoms with E-state index in [4.69, 9.17) is 0 Å². The van der Waals surface area contributed by atoms with Crippen LogP contribution in [0.3, 0.4) is 0 Å². The number of carbonyl (C=O) groups is 2. The number of amides is 2. The fourth-order valence-corrected chi connectivity index (χ4v) is 3.79. The van der Waals surface area contributed by atoms with Crippen LogP contribution < -0.4 is 15.5 Å². The van der Waals surface area contributed by atoms with Crippen LogP contribution in [0.4, 0.5) is 5.82 Å². The lowest BCUT2D eigenvalue weighted by Gasteiger charge is -2.34. The van der Waals surface area contributed by atoms with Crippen molar-refractivity contribution >= 4 is 17.6 Å². The lowest BCUT2D eigenvalue weighted by atomic mass is 10.1. The summed E-state index contributed by atoms with van der Waals surface area (Å²) in [5.74, 6) is 0.861. The fraction of sp³-hybridized carbons (Fsp3) is 0.650. The molecule has 27 heavy (non-hydrogen) atoms. The first kappa shape index (κ1) is 19.6. The molecule has 1 saturated heterocycles. The Labute approximate surface area is 161 Å². The average molecular weight is 374 g/mol. The lowest BCUT2D eigenvalue weighted by molar-refractivity contribution is -0.130. The molecule has 148 valence electrons. The number of nitrogens with zero attached hydrogens (tertiary/aromatic N) is 3. The monoisotopic (exact) mass is 373 g/mol. The van der Waals surface area contributed by atoms with Gasteiger partial charge in [0.05, 0.1) is 0 Å². The van der Waals surface area contributed by atoms with Crippen molar-refractivity contribution in [3.63, 3.8) is 0 Å². The number of hydrogen-bond donors (Lipinski definition) is 2. The number of hydrogen-bond acceptors (Lipinski definition) is 5. The maximum atomic E-state index is 12.4. The normalized spacial score (nSPS) is 19.7. The third kappa shape index (κ3) is 5.19. The summed E-state index contributed by atoms with van der Waals surface area (Å²) in [4.78, 5) is 33.7. The maximum absolute atomic E-state index is 12.4. The van der Waals surface area contributed by atoms with E-state index in [2.05, 4.69) is 32.5 Å². The van der Waals surface area contributed by atoms with E-state index in [1.54, 1.807) is 13.1 Å². The zero-order valence-electron chi connectivity index (χ0n) is 16.4. The number of pyridine rings is 1. The van der Waals surface area contributed by atoms with Crippen molar-refractivity contribution in [2.75, 3.05) is 38.1 Å². The minimum atomic E-state index is -0.526. The van der Waals surface area contributed by atoms with E-state index in [0.29, 0.717) is 6.54 Å². The van der Waals surface area contributed by atoms with Crippen LogP contribution in [0.2, 0.25) is 0 Å². The molecule has 2 aliphatic rings. The summed E-state index contributed by atoms with van der Waals surface area (Å²) in [7, 11) is 2.12. The van der Waals surface area contributed by atoms with Gasteiger partial charge in [-0.25, -0.2) is 4.98 Å². The topological polar surface area (TPSA) is 77.6 Å². The van der Waals surface area contributed by atoms with Crippen LogP contribution in [0.5, 0.6) is 0 Å². The van der Waals surface area contributed by atoms with E-state index >= 15 is 0 Å². The summed E-state index contributed by atoms with van der Waals surface area (Å²) in [6.45, 7) is 6.04. The molecule has 0 aromatic carbocycles. The number of likely N-dealkylation sites (N-methyl/N-ethyl adjacent to an activating group) is 1. The van der Waals surface area contributed by atoms with Crippen LogP contribution in [0.15, 0.2) is 18.3 Å². The van der Waals surface area contributed by atoms with E-state index < -0.39 is 6.04 Å². The van der Waals surface area contributed by atoms with Gasteiger partial charge in [-0.15, -0.1) is 0 Å². The highest BCUT2D eigenvalue weighted by Crippen LogP contribution is 2.24. The molecule has 0 radical (unpaired) electrons. The van der Waals surface area contributed by atoms with Gasteiger partial charge in [-0.2, -0.15) is 0 Å². The first-order valence-electron chi connectivity index (χ1n) is 10.00. The summed E-state index contributed by atoms with van der Waals surface area (Å²) in [6.07, 6.45) is 5.88. The van der Waals surface area contributed by atoms with Crippen molar-refractivity contribution in [3.05, 3.63) is 23.9 Å². The van der Waals surface area contributed by atoms with Crippen LogP contribution in [-0.2, 0) is 16.1 Å². The molecular formula is C20H31N5O2. The fourth-order valence-electron chi connectivity index (χ4n) is 3.79. The Morgan fingerprint density at radius 3 is 2.63 bits per heavy atom. The third-order valence-electron chi connectivity index (χ3n) is 5.60. The smallest absolute Gasteiger partial charge is 0.242 e. The van der Waals surface area contributed by atoms with Gasteiger partial charge in [-0.1, -0.05) is 18.9 Å². The van der Waals surface area contributed by atoms with Gasteiger partial charge in [-0.05, 0) is 32.9 Å². The molecular weight excluding hydrogens is 342 g/mol. The number of nitrogens with one attached hydrogen (secondary N) is 2. The van der Waals surface area contributed by atoms with Crippen molar-refractivity contribution < 1.29 is 9.59 Å². The highest BCUT2D eigenvalue weighted by molar-refractivity contribution is 5.88. The van der Waals surface area contributed by atoms with Gasteiger partial charge in [-0.3, -0.25) is 9.59 Å². The summed E-state index contributed by atoms with van der Waals surface area (Å²) < 4.78 is 0. The number of anilines is 1. The zero-order chi connectivity index (χ0) is 19.2. The van der Waals surface area contributed by atoms with Gasteiger partial charge in [0.15, 0.2) is 0 Å². The van der Waals surface area contributed by atoms with Crippen molar-refractivity contribution in [1.29, 1.82) is 0 Å². The van der Waals surface area contributed by atoms with Crippen molar-refractivity contribution in [3.8, 4) is 0 Å². The summed E-state index contributed by atoms with van der Waals surface area (Å²) in [5.41, 5.74) is 1.00. The van der Waals surface area contributed by atoms with Gasteiger partial charge < -0.3 is 20.4 Å². The Balaban J connectivity index is 1.53. The van der Waals surface area contributed by atoms with Crippen molar-refractivity contribution in [2.24, 2.45) is 5.92 Å². The molecule has 0 spiro atoms. The molecule has 2 N–H and O–H groups in total. The van der Waals surface area contributed by atoms with Gasteiger partial charge in [0.25, 0.3) is 0 Å². The first-order chi connectivity index (χ1) is 13.0. The molecule has 1 aromatic heterocycles. The molecule has 2 amide bonds. The molecule has 1 aliphatic carbocycles. The second-order valence-electron chi connectivity index (χ2n) is 7.71. The van der Waals surface area contributed by atoms with E-state index in [1.165, 1.54) is 0 Å². The number of piperazine rings is 1. The second kappa shape index (κ2) is 9.17. The molecule has 7 heteroatoms. The second-order valence-corrected chi connectivity index (χ2v) is 7.71. The van der Waals surface area contributed by atoms with Crippen molar-refractivity contribution in [1.82, 2.24) is 20.5 Å². The highest BCUT2D eigenvalue weighted by atomic mass is 16.2. The molecule has 1 aliphatic heterocycles. The lowest BCUT2D eigenvalue weighted by Crippen LogP contribution is -2.47. The quantitative estimate of drug-likeness (QED) is 0.782. The molecule has 1 atom stereocenters. The Kier molecular flexibility index (Phi) is 6.66. The Hall–Kier alpha value is -2.15. The number of carbonyl (C=O) groups excluding carboxylic acids is 2. The van der Waals surface area contributed by atoms with Gasteiger partial charge >= 0.3 is 0 Å². The van der Waals surface area contributed by atoms with Crippen LogP contribution in [-0.4, -0.2) is 61.0 Å². The molecule has 1 aromatic rings. The van der Waals surface area contributed by atoms with Crippen LogP contribution in [0, 0.1) is 5.92 Å². The number of rotatable bonds is 6. The number of aromatic nitrogens is 1. The highest BCUT2D eigenvalue weighted by Gasteiger charge is 2.25. The largest absolute Gasteiger partial charge is 0.354 e. The summed E-state index contributed by atoms with van der Waals surface area (Å²) >= 11 is 0. The van der Waals surface area contributed by atoms with Gasteiger partial charge in [0, 0.05) is 50.4 Å². The van der Waals surface area contributed by atoms with E-state index in [1.807, 2.05) is 12.1 Å². The van der Waals surface area contributed by atoms with E-state index in [-0.39, 0.29) is 17.7 Å². The minimum Gasteiger partial charge on any atom is -0.354 e. The predicted octanol–water partition coefficient (Wildman–Crippen LogP) is 1.14. The molecule has 2 fully saturated rings. The third-order valence-corrected chi connectivity index (χ3v) is 5.60. The predicted molar refractivity (Wildman–Crippen MR) is 105 cm³/mol. The zero-order valence-corrected chi connectivity index (χ0v) is 16.4. The molecule has 1 saturated carbocycles. The molecule has 1 unspecified atom stereocenters. The molecule has 0 bridgehead atoms. The van der Waals surface area contributed by atoms with Crippen LogP contribution >= 0.6 is 0 Å². The van der Waals surface area contributed by atoms with Gasteiger partial charge in [0.2, 0.25) is 11.8 Å². The summed E-state index contributed by atoms with van der Waals surface area (Å²) in [6, 6.07) is 3.37. The summed E-state index contributed by atoms with van der Waals surface area (Å²) in [5, 5.41) is 5.81. The molecule has 3 rings (SSSR count). The van der Waals surface area contributed by atoms with Crippen LogP contribution in [0.1, 0.15) is 38.2 Å². The Morgan fingerprint density at radius 1 is 1.22 bits per heavy atom. The average Bonchev–Trinajstić information content (AvgIpc) is 3.22. The molecule has 2 heterocycles. The maximum Gasteiger partial charge on any atom is 0.242 e. The Bertz CT molecular complexity index is 652. The van der Waals surface area contributed by atoms with Gasteiger partial charge in [0.1, 0.15) is 11.9 Å². The Morgan fingerprint density at radius 2 is 1.93 bits per heavy atom. The first-order valence-corrected chi connectivity index (χ1v) is 10.00. The van der Waals surface area contributed by atoms with E-state index in [0.717, 1.165) is 63.2 Å². The van der Waals surface area contributed by atoms with Crippen LogP contribution in [0.25, 0.3) is 0 Å².